The maximum absolute atomic E-state index is 5.97. The van der Waals surface area contributed by atoms with Crippen LogP contribution in [0.1, 0.15) is 5.56 Å². The molecule has 0 aliphatic carbocycles. The fraction of sp³-hybridized carbons (Fsp3) is 0.412. The smallest absolute Gasteiger partial charge is 0.122 e. The van der Waals surface area contributed by atoms with E-state index in [4.69, 9.17) is 9.47 Å². The molecule has 2 aromatic carbocycles. The van der Waals surface area contributed by atoms with E-state index in [9.17, 15) is 0 Å². The van der Waals surface area contributed by atoms with E-state index in [1.165, 1.54) is 16.3 Å². The summed E-state index contributed by atoms with van der Waals surface area (Å²) in [4.78, 5) is 2.39. The summed E-state index contributed by atoms with van der Waals surface area (Å²) in [6.07, 6.45) is 0. The van der Waals surface area contributed by atoms with Crippen molar-refractivity contribution in [2.45, 2.75) is 6.92 Å². The molecule has 0 amide bonds. The van der Waals surface area contributed by atoms with Gasteiger partial charge in [-0.05, 0) is 35.4 Å². The number of hydrogen-bond acceptors (Lipinski definition) is 3. The Kier molecular flexibility index (Phi) is 4.19. The van der Waals surface area contributed by atoms with Crippen molar-refractivity contribution in [3.63, 3.8) is 0 Å². The van der Waals surface area contributed by atoms with Crippen LogP contribution in [0, 0.1) is 6.92 Å². The van der Waals surface area contributed by atoms with Gasteiger partial charge in [0.1, 0.15) is 12.4 Å². The van der Waals surface area contributed by atoms with Gasteiger partial charge in [0.05, 0.1) is 13.2 Å². The van der Waals surface area contributed by atoms with E-state index in [1.54, 1.807) is 0 Å². The van der Waals surface area contributed by atoms with Crippen LogP contribution in [0.3, 0.4) is 0 Å². The second-order valence-electron chi connectivity index (χ2n) is 5.27. The Morgan fingerprint density at radius 3 is 2.55 bits per heavy atom. The maximum Gasteiger partial charge on any atom is 0.122 e. The van der Waals surface area contributed by atoms with Gasteiger partial charge in [0.25, 0.3) is 0 Å². The normalized spacial score (nSPS) is 16.4. The summed E-state index contributed by atoms with van der Waals surface area (Å²) in [6.45, 7) is 7.52. The highest BCUT2D eigenvalue weighted by Crippen LogP contribution is 2.25. The van der Waals surface area contributed by atoms with E-state index < -0.39 is 0 Å². The van der Waals surface area contributed by atoms with Gasteiger partial charge in [-0.1, -0.05) is 24.3 Å². The molecule has 0 spiro atoms. The minimum absolute atomic E-state index is 0.735. The summed E-state index contributed by atoms with van der Waals surface area (Å²) in [5.41, 5.74) is 1.20. The molecule has 3 rings (SSSR count). The minimum atomic E-state index is 0.735. The molecule has 1 fully saturated rings. The summed E-state index contributed by atoms with van der Waals surface area (Å²) in [5.74, 6) is 0.997. The highest BCUT2D eigenvalue weighted by molar-refractivity contribution is 5.84. The average Bonchev–Trinajstić information content (AvgIpc) is 2.49. The Morgan fingerprint density at radius 1 is 1.10 bits per heavy atom. The zero-order valence-electron chi connectivity index (χ0n) is 12.0. The number of ether oxygens (including phenoxy) is 2. The zero-order valence-corrected chi connectivity index (χ0v) is 12.0. The molecule has 0 aromatic heterocycles. The quantitative estimate of drug-likeness (QED) is 0.853. The van der Waals surface area contributed by atoms with Gasteiger partial charge in [-0.2, -0.15) is 0 Å². The van der Waals surface area contributed by atoms with Crippen LogP contribution in [-0.4, -0.2) is 44.4 Å². The molecule has 3 nitrogen and oxygen atoms in total. The molecule has 1 saturated heterocycles. The van der Waals surface area contributed by atoms with E-state index in [-0.39, 0.29) is 0 Å². The second-order valence-corrected chi connectivity index (χ2v) is 5.27. The molecule has 0 unspecified atom stereocenters. The lowest BCUT2D eigenvalue weighted by molar-refractivity contribution is 0.0322. The molecule has 0 saturated carbocycles. The summed E-state index contributed by atoms with van der Waals surface area (Å²) < 4.78 is 11.3. The first kappa shape index (κ1) is 13.4. The SMILES string of the molecule is Cc1cc2ccccc2cc1OCCN1CCOCC1. The Balaban J connectivity index is 1.63. The molecule has 3 heteroatoms. The summed E-state index contributed by atoms with van der Waals surface area (Å²) in [5, 5.41) is 2.50. The van der Waals surface area contributed by atoms with Gasteiger partial charge >= 0.3 is 0 Å². The monoisotopic (exact) mass is 271 g/mol. The molecule has 0 bridgehead atoms. The van der Waals surface area contributed by atoms with E-state index in [0.29, 0.717) is 0 Å². The fourth-order valence-electron chi connectivity index (χ4n) is 2.60. The molecule has 0 atom stereocenters. The van der Waals surface area contributed by atoms with E-state index in [1.807, 2.05) is 0 Å². The Bertz CT molecular complexity index is 576. The van der Waals surface area contributed by atoms with Crippen LogP contribution in [0.25, 0.3) is 10.8 Å². The Hall–Kier alpha value is -1.58. The highest BCUT2D eigenvalue weighted by atomic mass is 16.5. The van der Waals surface area contributed by atoms with Crippen LogP contribution in [0.4, 0.5) is 0 Å². The molecule has 1 aliphatic heterocycles. The van der Waals surface area contributed by atoms with Crippen molar-refractivity contribution in [2.24, 2.45) is 0 Å². The molecule has 1 aliphatic rings. The minimum Gasteiger partial charge on any atom is -0.492 e. The lowest BCUT2D eigenvalue weighted by atomic mass is 10.1. The third-order valence-corrected chi connectivity index (χ3v) is 3.81. The lowest BCUT2D eigenvalue weighted by Gasteiger charge is -2.26. The van der Waals surface area contributed by atoms with Crippen LogP contribution in [0.5, 0.6) is 5.75 Å². The second kappa shape index (κ2) is 6.25. The molecular formula is C17H21NO2. The van der Waals surface area contributed by atoms with Gasteiger partial charge < -0.3 is 9.47 Å². The van der Waals surface area contributed by atoms with Crippen molar-refractivity contribution in [1.82, 2.24) is 4.90 Å². The largest absolute Gasteiger partial charge is 0.492 e. The summed E-state index contributed by atoms with van der Waals surface area (Å²) in [6, 6.07) is 12.7. The fourth-order valence-corrected chi connectivity index (χ4v) is 2.60. The number of hydrogen-bond donors (Lipinski definition) is 0. The molecule has 0 N–H and O–H groups in total. The van der Waals surface area contributed by atoms with Gasteiger partial charge in [0.2, 0.25) is 0 Å². The van der Waals surface area contributed by atoms with Gasteiger partial charge in [0.15, 0.2) is 0 Å². The van der Waals surface area contributed by atoms with E-state index >= 15 is 0 Å². The topological polar surface area (TPSA) is 21.7 Å². The molecule has 20 heavy (non-hydrogen) atoms. The standard InChI is InChI=1S/C17H21NO2/c1-14-12-15-4-2-3-5-16(15)13-17(14)20-11-8-18-6-9-19-10-7-18/h2-5,12-13H,6-11H2,1H3. The van der Waals surface area contributed by atoms with Crippen molar-refractivity contribution in [3.05, 3.63) is 42.0 Å². The first-order valence-electron chi connectivity index (χ1n) is 7.25. The molecule has 1 heterocycles. The van der Waals surface area contributed by atoms with Gasteiger partial charge in [-0.15, -0.1) is 0 Å². The van der Waals surface area contributed by atoms with Crippen LogP contribution in [-0.2, 0) is 4.74 Å². The van der Waals surface area contributed by atoms with Crippen molar-refractivity contribution in [2.75, 3.05) is 39.5 Å². The number of rotatable bonds is 4. The average molecular weight is 271 g/mol. The van der Waals surface area contributed by atoms with Crippen LogP contribution < -0.4 is 4.74 Å². The number of morpholine rings is 1. The number of nitrogens with zero attached hydrogens (tertiary/aromatic N) is 1. The van der Waals surface area contributed by atoms with Crippen molar-refractivity contribution < 1.29 is 9.47 Å². The Morgan fingerprint density at radius 2 is 1.80 bits per heavy atom. The van der Waals surface area contributed by atoms with Crippen molar-refractivity contribution >= 4 is 10.8 Å². The number of fused-ring (bicyclic) bond motifs is 1. The first-order valence-corrected chi connectivity index (χ1v) is 7.25. The number of aryl methyl sites for hydroxylation is 1. The third-order valence-electron chi connectivity index (χ3n) is 3.81. The van der Waals surface area contributed by atoms with Crippen molar-refractivity contribution in [3.8, 4) is 5.75 Å². The number of benzene rings is 2. The third kappa shape index (κ3) is 3.11. The predicted octanol–water partition coefficient (Wildman–Crippen LogP) is 2.86. The van der Waals surface area contributed by atoms with E-state index in [0.717, 1.165) is 45.2 Å². The predicted molar refractivity (Wildman–Crippen MR) is 81.4 cm³/mol. The molecule has 2 aromatic rings. The van der Waals surface area contributed by atoms with Gasteiger partial charge in [0, 0.05) is 19.6 Å². The molecule has 0 radical (unpaired) electrons. The van der Waals surface area contributed by atoms with Gasteiger partial charge in [-0.25, -0.2) is 0 Å². The Labute approximate surface area is 120 Å². The molecular weight excluding hydrogens is 250 g/mol. The summed E-state index contributed by atoms with van der Waals surface area (Å²) in [7, 11) is 0. The molecule has 106 valence electrons. The van der Waals surface area contributed by atoms with E-state index in [2.05, 4.69) is 48.2 Å². The van der Waals surface area contributed by atoms with Crippen LogP contribution in [0.2, 0.25) is 0 Å². The summed E-state index contributed by atoms with van der Waals surface area (Å²) >= 11 is 0. The van der Waals surface area contributed by atoms with Crippen LogP contribution in [0.15, 0.2) is 36.4 Å². The zero-order chi connectivity index (χ0) is 13.8. The first-order chi connectivity index (χ1) is 9.83. The van der Waals surface area contributed by atoms with Crippen molar-refractivity contribution in [1.29, 1.82) is 0 Å². The highest BCUT2D eigenvalue weighted by Gasteiger charge is 2.10. The maximum atomic E-state index is 5.97. The lowest BCUT2D eigenvalue weighted by Crippen LogP contribution is -2.38. The van der Waals surface area contributed by atoms with Gasteiger partial charge in [-0.3, -0.25) is 4.90 Å². The van der Waals surface area contributed by atoms with Crippen LogP contribution >= 0.6 is 0 Å².